The summed E-state index contributed by atoms with van der Waals surface area (Å²) in [5, 5.41) is 0. The van der Waals surface area contributed by atoms with Gasteiger partial charge in [-0.25, -0.2) is 22.5 Å². The molecule has 0 aliphatic heterocycles. The lowest BCUT2D eigenvalue weighted by Crippen LogP contribution is -2.00. The maximum Gasteiger partial charge on any atom is 0.198 e. The molecule has 0 saturated heterocycles. The van der Waals surface area contributed by atoms with E-state index in [1.807, 2.05) is 0 Å². The number of rotatable bonds is 1. The highest BCUT2D eigenvalue weighted by Gasteiger charge is 2.20. The SMILES string of the molecule is Fc1cc(-c2cnc3ccccc3n2)c(F)c(F)c1F. The summed E-state index contributed by atoms with van der Waals surface area (Å²) in [4.78, 5) is 8.07. The fourth-order valence-electron chi connectivity index (χ4n) is 1.85. The number of benzene rings is 2. The van der Waals surface area contributed by atoms with Gasteiger partial charge in [0.2, 0.25) is 0 Å². The Bertz CT molecular complexity index is 818. The lowest BCUT2D eigenvalue weighted by Gasteiger charge is -2.06. The zero-order valence-corrected chi connectivity index (χ0v) is 9.87. The number of halogens is 4. The maximum atomic E-state index is 13.7. The third kappa shape index (κ3) is 1.89. The molecule has 1 heterocycles. The molecule has 2 aromatic carbocycles. The smallest absolute Gasteiger partial charge is 0.198 e. The van der Waals surface area contributed by atoms with E-state index >= 15 is 0 Å². The van der Waals surface area contributed by atoms with Gasteiger partial charge < -0.3 is 0 Å². The molecule has 0 unspecified atom stereocenters. The second kappa shape index (κ2) is 4.56. The molecule has 100 valence electrons. The molecule has 0 spiro atoms. The van der Waals surface area contributed by atoms with E-state index in [0.29, 0.717) is 17.1 Å². The molecule has 0 aliphatic rings. The molecule has 0 bridgehead atoms. The molecular weight excluding hydrogens is 272 g/mol. The molecule has 3 aromatic rings. The maximum absolute atomic E-state index is 13.7. The Morgan fingerprint density at radius 1 is 0.800 bits per heavy atom. The van der Waals surface area contributed by atoms with Gasteiger partial charge in [0.15, 0.2) is 23.3 Å². The molecule has 2 nitrogen and oxygen atoms in total. The number of hydrogen-bond acceptors (Lipinski definition) is 2. The highest BCUT2D eigenvalue weighted by atomic mass is 19.2. The Hall–Kier alpha value is -2.50. The van der Waals surface area contributed by atoms with E-state index in [-0.39, 0.29) is 5.69 Å². The summed E-state index contributed by atoms with van der Waals surface area (Å²) in [6.45, 7) is 0. The Balaban J connectivity index is 2.25. The summed E-state index contributed by atoms with van der Waals surface area (Å²) in [5.41, 5.74) is 0.452. The van der Waals surface area contributed by atoms with Gasteiger partial charge in [0.1, 0.15) is 0 Å². The van der Waals surface area contributed by atoms with Crippen molar-refractivity contribution < 1.29 is 17.6 Å². The average Bonchev–Trinajstić information content (AvgIpc) is 2.48. The molecule has 0 fully saturated rings. The molecule has 0 amide bonds. The van der Waals surface area contributed by atoms with Crippen molar-refractivity contribution in [2.75, 3.05) is 0 Å². The summed E-state index contributed by atoms with van der Waals surface area (Å²) in [7, 11) is 0. The van der Waals surface area contributed by atoms with Gasteiger partial charge in [-0.3, -0.25) is 4.98 Å². The first-order chi connectivity index (χ1) is 9.58. The molecule has 0 aliphatic carbocycles. The van der Waals surface area contributed by atoms with Crippen molar-refractivity contribution in [3.05, 3.63) is 59.8 Å². The van der Waals surface area contributed by atoms with Crippen LogP contribution in [0, 0.1) is 23.3 Å². The largest absolute Gasteiger partial charge is 0.252 e. The molecule has 0 radical (unpaired) electrons. The van der Waals surface area contributed by atoms with Crippen LogP contribution in [-0.4, -0.2) is 9.97 Å². The van der Waals surface area contributed by atoms with Crippen LogP contribution in [0.25, 0.3) is 22.3 Å². The van der Waals surface area contributed by atoms with Gasteiger partial charge in [-0.15, -0.1) is 0 Å². The van der Waals surface area contributed by atoms with Crippen molar-refractivity contribution in [1.29, 1.82) is 0 Å². The molecule has 0 N–H and O–H groups in total. The van der Waals surface area contributed by atoms with E-state index in [2.05, 4.69) is 9.97 Å². The van der Waals surface area contributed by atoms with Crippen LogP contribution in [0.5, 0.6) is 0 Å². The summed E-state index contributed by atoms with van der Waals surface area (Å²) in [5.74, 6) is -6.68. The van der Waals surface area contributed by atoms with Gasteiger partial charge in [-0.05, 0) is 18.2 Å². The summed E-state index contributed by atoms with van der Waals surface area (Å²) in [6.07, 6.45) is 1.18. The molecule has 6 heteroatoms. The van der Waals surface area contributed by atoms with E-state index in [1.165, 1.54) is 6.20 Å². The summed E-state index contributed by atoms with van der Waals surface area (Å²) in [6, 6.07) is 7.32. The van der Waals surface area contributed by atoms with Crippen molar-refractivity contribution in [3.63, 3.8) is 0 Å². The van der Waals surface area contributed by atoms with Gasteiger partial charge in [0.25, 0.3) is 0 Å². The van der Waals surface area contributed by atoms with E-state index < -0.39 is 28.8 Å². The first-order valence-corrected chi connectivity index (χ1v) is 5.63. The molecule has 3 rings (SSSR count). The lowest BCUT2D eigenvalue weighted by atomic mass is 10.1. The standard InChI is InChI=1S/C14H6F4N2/c15-8-5-7(12(16)14(18)13(8)17)11-6-19-9-3-1-2-4-10(9)20-11/h1-6H. The lowest BCUT2D eigenvalue weighted by molar-refractivity contribution is 0.410. The first kappa shape index (κ1) is 12.5. The van der Waals surface area contributed by atoms with Gasteiger partial charge in [0.05, 0.1) is 22.9 Å². The van der Waals surface area contributed by atoms with Crippen LogP contribution < -0.4 is 0 Å². The van der Waals surface area contributed by atoms with Crippen LogP contribution in [0.15, 0.2) is 36.5 Å². The number of nitrogens with zero attached hydrogens (tertiary/aromatic N) is 2. The number of aromatic nitrogens is 2. The molecule has 0 atom stereocenters. The van der Waals surface area contributed by atoms with Gasteiger partial charge in [-0.2, -0.15) is 0 Å². The Kier molecular flexibility index (Phi) is 2.85. The zero-order chi connectivity index (χ0) is 14.3. The first-order valence-electron chi connectivity index (χ1n) is 5.63. The van der Waals surface area contributed by atoms with Crippen molar-refractivity contribution >= 4 is 11.0 Å². The van der Waals surface area contributed by atoms with Crippen LogP contribution in [0.2, 0.25) is 0 Å². The fourth-order valence-corrected chi connectivity index (χ4v) is 1.85. The van der Waals surface area contributed by atoms with Crippen LogP contribution >= 0.6 is 0 Å². The minimum absolute atomic E-state index is 0.0704. The predicted octanol–water partition coefficient (Wildman–Crippen LogP) is 3.85. The topological polar surface area (TPSA) is 25.8 Å². The molecule has 1 aromatic heterocycles. The Morgan fingerprint density at radius 2 is 1.50 bits per heavy atom. The summed E-state index contributed by atoms with van der Waals surface area (Å²) >= 11 is 0. The second-order valence-electron chi connectivity index (χ2n) is 4.09. The van der Waals surface area contributed by atoms with Crippen LogP contribution in [-0.2, 0) is 0 Å². The van der Waals surface area contributed by atoms with Crippen LogP contribution in [0.4, 0.5) is 17.6 Å². The third-order valence-corrected chi connectivity index (χ3v) is 2.83. The second-order valence-corrected chi connectivity index (χ2v) is 4.09. The van der Waals surface area contributed by atoms with Crippen molar-refractivity contribution in [3.8, 4) is 11.3 Å². The highest BCUT2D eigenvalue weighted by Crippen LogP contribution is 2.27. The van der Waals surface area contributed by atoms with Gasteiger partial charge >= 0.3 is 0 Å². The number of para-hydroxylation sites is 2. The normalized spacial score (nSPS) is 11.0. The number of fused-ring (bicyclic) bond motifs is 1. The monoisotopic (exact) mass is 278 g/mol. The quantitative estimate of drug-likeness (QED) is 0.384. The van der Waals surface area contributed by atoms with Crippen LogP contribution in [0.1, 0.15) is 0 Å². The van der Waals surface area contributed by atoms with E-state index in [9.17, 15) is 17.6 Å². The van der Waals surface area contributed by atoms with Crippen molar-refractivity contribution in [1.82, 2.24) is 9.97 Å². The molecule has 0 saturated carbocycles. The molecular formula is C14H6F4N2. The van der Waals surface area contributed by atoms with Crippen molar-refractivity contribution in [2.45, 2.75) is 0 Å². The number of hydrogen-bond donors (Lipinski definition) is 0. The van der Waals surface area contributed by atoms with E-state index in [0.717, 1.165) is 0 Å². The third-order valence-electron chi connectivity index (χ3n) is 2.83. The predicted molar refractivity (Wildman–Crippen MR) is 64.8 cm³/mol. The highest BCUT2D eigenvalue weighted by molar-refractivity contribution is 5.76. The average molecular weight is 278 g/mol. The van der Waals surface area contributed by atoms with Gasteiger partial charge in [-0.1, -0.05) is 12.1 Å². The zero-order valence-electron chi connectivity index (χ0n) is 9.87. The van der Waals surface area contributed by atoms with Crippen LogP contribution in [0.3, 0.4) is 0 Å². The summed E-state index contributed by atoms with van der Waals surface area (Å²) < 4.78 is 53.0. The van der Waals surface area contributed by atoms with E-state index in [4.69, 9.17) is 0 Å². The minimum Gasteiger partial charge on any atom is -0.252 e. The van der Waals surface area contributed by atoms with E-state index in [1.54, 1.807) is 24.3 Å². The van der Waals surface area contributed by atoms with Crippen molar-refractivity contribution in [2.24, 2.45) is 0 Å². The molecule has 20 heavy (non-hydrogen) atoms. The Labute approximate surface area is 110 Å². The van der Waals surface area contributed by atoms with Gasteiger partial charge in [0, 0.05) is 5.56 Å². The Morgan fingerprint density at radius 3 is 2.25 bits per heavy atom. The fraction of sp³-hybridized carbons (Fsp3) is 0. The minimum atomic E-state index is -1.87.